The van der Waals surface area contributed by atoms with Crippen LogP contribution in [0, 0.1) is 0 Å². The van der Waals surface area contributed by atoms with Gasteiger partial charge in [-0.3, -0.25) is 4.79 Å². The number of nitrogens with zero attached hydrogens (tertiary/aromatic N) is 1. The van der Waals surface area contributed by atoms with Crippen molar-refractivity contribution in [2.24, 2.45) is 0 Å². The molecule has 0 bridgehead atoms. The summed E-state index contributed by atoms with van der Waals surface area (Å²) in [5, 5.41) is 12.9. The maximum absolute atomic E-state index is 12.4. The molecule has 102 valence electrons. The molecule has 2 aromatic carbocycles. The van der Waals surface area contributed by atoms with Crippen molar-refractivity contribution < 1.29 is 9.90 Å². The molecule has 1 atom stereocenters. The van der Waals surface area contributed by atoms with Crippen LogP contribution in [0.2, 0.25) is 0 Å². The Labute approximate surface area is 125 Å². The number of hydrogen-bond acceptors (Lipinski definition) is 3. The number of aromatic hydroxyl groups is 1. The van der Waals surface area contributed by atoms with Gasteiger partial charge in [0.25, 0.3) is 5.91 Å². The zero-order valence-electron chi connectivity index (χ0n) is 10.8. The van der Waals surface area contributed by atoms with Crippen molar-refractivity contribution in [2.75, 3.05) is 12.4 Å². The van der Waals surface area contributed by atoms with Gasteiger partial charge in [-0.1, -0.05) is 18.2 Å². The molecule has 5 heteroatoms. The molecular formula is C15H13BrN2O2. The molecule has 0 fully saturated rings. The molecule has 0 aliphatic carbocycles. The normalized spacial score (nSPS) is 17.6. The predicted octanol–water partition coefficient (Wildman–Crippen LogP) is 3.35. The zero-order valence-corrected chi connectivity index (χ0v) is 12.4. The van der Waals surface area contributed by atoms with E-state index in [9.17, 15) is 9.90 Å². The van der Waals surface area contributed by atoms with Gasteiger partial charge in [-0.15, -0.1) is 0 Å². The molecule has 0 unspecified atom stereocenters. The molecule has 1 amide bonds. The summed E-state index contributed by atoms with van der Waals surface area (Å²) in [5.41, 5.74) is 2.40. The number of para-hydroxylation sites is 1. The minimum Gasteiger partial charge on any atom is -0.507 e. The highest BCUT2D eigenvalue weighted by Crippen LogP contribution is 2.34. The third-order valence-electron chi connectivity index (χ3n) is 3.44. The number of nitrogens with one attached hydrogen (secondary N) is 1. The number of amides is 1. The van der Waals surface area contributed by atoms with Crippen molar-refractivity contribution in [1.82, 2.24) is 4.90 Å². The lowest BCUT2D eigenvalue weighted by molar-refractivity contribution is 0.0735. The van der Waals surface area contributed by atoms with E-state index in [0.717, 1.165) is 11.3 Å². The number of carbonyl (C=O) groups is 1. The van der Waals surface area contributed by atoms with Crippen molar-refractivity contribution in [1.29, 1.82) is 0 Å². The molecule has 4 nitrogen and oxygen atoms in total. The number of rotatable bonds is 1. The number of carbonyl (C=O) groups excluding carboxylic acids is 1. The van der Waals surface area contributed by atoms with E-state index in [1.807, 2.05) is 30.3 Å². The topological polar surface area (TPSA) is 52.6 Å². The van der Waals surface area contributed by atoms with Crippen LogP contribution < -0.4 is 5.32 Å². The Kier molecular flexibility index (Phi) is 3.14. The molecule has 0 radical (unpaired) electrons. The SMILES string of the molecule is CN1C(=O)c2ccccc2N[C@@H]1c1ccc(O)c(Br)c1. The van der Waals surface area contributed by atoms with Crippen LogP contribution in [0.15, 0.2) is 46.9 Å². The van der Waals surface area contributed by atoms with Gasteiger partial charge in [0, 0.05) is 12.7 Å². The van der Waals surface area contributed by atoms with Crippen molar-refractivity contribution >= 4 is 27.5 Å². The first-order chi connectivity index (χ1) is 9.58. The van der Waals surface area contributed by atoms with Crippen LogP contribution in [0.5, 0.6) is 5.75 Å². The average Bonchev–Trinajstić information content (AvgIpc) is 2.46. The van der Waals surface area contributed by atoms with E-state index in [2.05, 4.69) is 21.2 Å². The Morgan fingerprint density at radius 3 is 2.75 bits per heavy atom. The van der Waals surface area contributed by atoms with Crippen molar-refractivity contribution in [2.45, 2.75) is 6.17 Å². The van der Waals surface area contributed by atoms with E-state index in [-0.39, 0.29) is 17.8 Å². The molecule has 0 aromatic heterocycles. The number of anilines is 1. The van der Waals surface area contributed by atoms with Crippen LogP contribution in [0.25, 0.3) is 0 Å². The van der Waals surface area contributed by atoms with Gasteiger partial charge in [-0.25, -0.2) is 0 Å². The maximum Gasteiger partial charge on any atom is 0.257 e. The second-order valence-electron chi connectivity index (χ2n) is 4.72. The highest BCUT2D eigenvalue weighted by atomic mass is 79.9. The van der Waals surface area contributed by atoms with Gasteiger partial charge < -0.3 is 15.3 Å². The summed E-state index contributed by atoms with van der Waals surface area (Å²) in [6, 6.07) is 12.7. The number of benzene rings is 2. The van der Waals surface area contributed by atoms with Crippen LogP contribution in [-0.2, 0) is 0 Å². The molecule has 2 aromatic rings. The Balaban J connectivity index is 2.03. The lowest BCUT2D eigenvalue weighted by Crippen LogP contribution is -2.40. The van der Waals surface area contributed by atoms with Gasteiger partial charge in [-0.2, -0.15) is 0 Å². The Bertz CT molecular complexity index is 687. The molecular weight excluding hydrogens is 320 g/mol. The highest BCUT2D eigenvalue weighted by molar-refractivity contribution is 9.10. The predicted molar refractivity (Wildman–Crippen MR) is 80.7 cm³/mol. The standard InChI is InChI=1S/C15H13BrN2O2/c1-18-14(9-6-7-13(19)11(16)8-9)17-12-5-3-2-4-10(12)15(18)20/h2-8,14,17,19H,1H3/t14-/m0/s1. The highest BCUT2D eigenvalue weighted by Gasteiger charge is 2.30. The molecule has 20 heavy (non-hydrogen) atoms. The average molecular weight is 333 g/mol. The fourth-order valence-electron chi connectivity index (χ4n) is 2.35. The lowest BCUT2D eigenvalue weighted by Gasteiger charge is -2.35. The van der Waals surface area contributed by atoms with Crippen molar-refractivity contribution in [3.63, 3.8) is 0 Å². The second-order valence-corrected chi connectivity index (χ2v) is 5.57. The van der Waals surface area contributed by atoms with E-state index in [1.54, 1.807) is 24.1 Å². The van der Waals surface area contributed by atoms with Gasteiger partial charge in [0.15, 0.2) is 0 Å². The van der Waals surface area contributed by atoms with Crippen LogP contribution in [0.4, 0.5) is 5.69 Å². The zero-order chi connectivity index (χ0) is 14.3. The fourth-order valence-corrected chi connectivity index (χ4v) is 2.74. The van der Waals surface area contributed by atoms with Crippen molar-refractivity contribution in [3.8, 4) is 5.75 Å². The van der Waals surface area contributed by atoms with E-state index in [4.69, 9.17) is 0 Å². The summed E-state index contributed by atoms with van der Waals surface area (Å²) in [6.45, 7) is 0. The van der Waals surface area contributed by atoms with Crippen LogP contribution in [0.1, 0.15) is 22.1 Å². The van der Waals surface area contributed by atoms with Gasteiger partial charge in [0.1, 0.15) is 11.9 Å². The number of phenols is 1. The van der Waals surface area contributed by atoms with Crippen LogP contribution in [-0.4, -0.2) is 23.0 Å². The van der Waals surface area contributed by atoms with Gasteiger partial charge in [0.05, 0.1) is 10.0 Å². The second kappa shape index (κ2) is 4.83. The summed E-state index contributed by atoms with van der Waals surface area (Å²) in [6.07, 6.45) is -0.255. The molecule has 1 aliphatic heterocycles. The Hall–Kier alpha value is -2.01. The number of phenolic OH excluding ortho intramolecular Hbond substituents is 1. The maximum atomic E-state index is 12.4. The summed E-state index contributed by atoms with van der Waals surface area (Å²) >= 11 is 3.30. The first-order valence-corrected chi connectivity index (χ1v) is 6.98. The third-order valence-corrected chi connectivity index (χ3v) is 4.08. The van der Waals surface area contributed by atoms with E-state index in [1.165, 1.54) is 0 Å². The van der Waals surface area contributed by atoms with Crippen LogP contribution in [0.3, 0.4) is 0 Å². The first-order valence-electron chi connectivity index (χ1n) is 6.19. The van der Waals surface area contributed by atoms with Crippen LogP contribution >= 0.6 is 15.9 Å². The smallest absolute Gasteiger partial charge is 0.257 e. The first kappa shape index (κ1) is 13.0. The number of fused-ring (bicyclic) bond motifs is 1. The summed E-state index contributed by atoms with van der Waals surface area (Å²) in [4.78, 5) is 14.0. The number of halogens is 1. The minimum atomic E-state index is -0.255. The van der Waals surface area contributed by atoms with E-state index < -0.39 is 0 Å². The fraction of sp³-hybridized carbons (Fsp3) is 0.133. The molecule has 0 spiro atoms. The summed E-state index contributed by atoms with van der Waals surface area (Å²) in [5.74, 6) is 0.160. The lowest BCUT2D eigenvalue weighted by atomic mass is 10.0. The number of hydrogen-bond donors (Lipinski definition) is 2. The molecule has 3 rings (SSSR count). The van der Waals surface area contributed by atoms with E-state index >= 15 is 0 Å². The molecule has 0 saturated heterocycles. The monoisotopic (exact) mass is 332 g/mol. The quantitative estimate of drug-likeness (QED) is 0.841. The molecule has 0 saturated carbocycles. The Morgan fingerprint density at radius 1 is 1.25 bits per heavy atom. The molecule has 1 heterocycles. The van der Waals surface area contributed by atoms with Gasteiger partial charge in [-0.05, 0) is 45.8 Å². The largest absolute Gasteiger partial charge is 0.507 e. The molecule has 2 N–H and O–H groups in total. The third kappa shape index (κ3) is 2.04. The summed E-state index contributed by atoms with van der Waals surface area (Å²) in [7, 11) is 1.76. The molecule has 1 aliphatic rings. The van der Waals surface area contributed by atoms with Gasteiger partial charge in [0.2, 0.25) is 0 Å². The minimum absolute atomic E-state index is 0.0199. The van der Waals surface area contributed by atoms with Gasteiger partial charge >= 0.3 is 0 Å². The van der Waals surface area contributed by atoms with E-state index in [0.29, 0.717) is 10.0 Å². The Morgan fingerprint density at radius 2 is 2.00 bits per heavy atom. The van der Waals surface area contributed by atoms with Crippen molar-refractivity contribution in [3.05, 3.63) is 58.1 Å². The summed E-state index contributed by atoms with van der Waals surface area (Å²) < 4.78 is 0.608.